The Kier molecular flexibility index (Phi) is 6.44. The van der Waals surface area contributed by atoms with E-state index in [0.29, 0.717) is 24.7 Å². The summed E-state index contributed by atoms with van der Waals surface area (Å²) >= 11 is 6.00. The molecular formula is C25H28ClN7O2. The number of nitrogens with one attached hydrogen (secondary N) is 1. The molecule has 2 N–H and O–H groups in total. The molecule has 1 aliphatic heterocycles. The third kappa shape index (κ3) is 4.87. The van der Waals surface area contributed by atoms with Crippen molar-refractivity contribution in [2.45, 2.75) is 39.0 Å². The van der Waals surface area contributed by atoms with E-state index >= 15 is 0 Å². The van der Waals surface area contributed by atoms with E-state index in [1.165, 1.54) is 6.33 Å². The van der Waals surface area contributed by atoms with Crippen LogP contribution < -0.4 is 10.2 Å². The fourth-order valence-electron chi connectivity index (χ4n) is 4.42. The predicted octanol–water partition coefficient (Wildman–Crippen LogP) is 3.33. The van der Waals surface area contributed by atoms with Gasteiger partial charge in [-0.05, 0) is 37.1 Å². The number of rotatable bonds is 8. The monoisotopic (exact) mass is 493 g/mol. The van der Waals surface area contributed by atoms with E-state index in [1.807, 2.05) is 42.7 Å². The van der Waals surface area contributed by atoms with Crippen LogP contribution in [0, 0.1) is 5.92 Å². The molecule has 0 bridgehead atoms. The molecule has 1 fully saturated rings. The van der Waals surface area contributed by atoms with Gasteiger partial charge in [0.2, 0.25) is 5.91 Å². The fourth-order valence-corrected chi connectivity index (χ4v) is 4.55. The standard InChI is InChI=1S/C25H28ClN7O2/c1-3-22(17-4-6-21(26)7-5-17)30-25(35)20-11-31(12-20)24-23-8-18(14-33(23)29-15-27-24)19-9-28-32(13-19)10-16(2)34/h4-9,13-16,20,22,34H,3,10-12H2,1-2H3,(H,30,35). The summed E-state index contributed by atoms with van der Waals surface area (Å²) in [7, 11) is 0. The molecule has 1 aromatic carbocycles. The molecule has 3 aromatic heterocycles. The minimum Gasteiger partial charge on any atom is -0.391 e. The Morgan fingerprint density at radius 3 is 2.69 bits per heavy atom. The van der Waals surface area contributed by atoms with E-state index in [9.17, 15) is 9.90 Å². The quantitative estimate of drug-likeness (QED) is 0.390. The van der Waals surface area contributed by atoms with Gasteiger partial charge >= 0.3 is 0 Å². The Labute approximate surface area is 208 Å². The second kappa shape index (κ2) is 9.67. The fraction of sp³-hybridized carbons (Fsp3) is 0.360. The summed E-state index contributed by atoms with van der Waals surface area (Å²) in [5.74, 6) is 0.755. The molecule has 9 nitrogen and oxygen atoms in total. The highest BCUT2D eigenvalue weighted by Crippen LogP contribution is 2.31. The van der Waals surface area contributed by atoms with Crippen molar-refractivity contribution in [2.75, 3.05) is 18.0 Å². The summed E-state index contributed by atoms with van der Waals surface area (Å²) in [6.07, 6.45) is 7.49. The van der Waals surface area contributed by atoms with Gasteiger partial charge in [0.15, 0.2) is 5.82 Å². The highest BCUT2D eigenvalue weighted by molar-refractivity contribution is 6.30. The maximum absolute atomic E-state index is 12.9. The maximum Gasteiger partial charge on any atom is 0.227 e. The van der Waals surface area contributed by atoms with Crippen LogP contribution in [0.3, 0.4) is 0 Å². The van der Waals surface area contributed by atoms with Gasteiger partial charge in [-0.3, -0.25) is 9.48 Å². The average molecular weight is 494 g/mol. The lowest BCUT2D eigenvalue weighted by molar-refractivity contribution is -0.126. The van der Waals surface area contributed by atoms with Crippen LogP contribution in [0.25, 0.3) is 16.6 Å². The number of hydrogen-bond donors (Lipinski definition) is 2. The first-order valence-electron chi connectivity index (χ1n) is 11.8. The predicted molar refractivity (Wildman–Crippen MR) is 134 cm³/mol. The lowest BCUT2D eigenvalue weighted by Crippen LogP contribution is -2.54. The molecule has 182 valence electrons. The maximum atomic E-state index is 12.9. The first-order valence-corrected chi connectivity index (χ1v) is 12.1. The van der Waals surface area contributed by atoms with Gasteiger partial charge in [0, 0.05) is 41.6 Å². The molecule has 1 amide bonds. The number of amides is 1. The molecule has 0 saturated carbocycles. The third-order valence-corrected chi connectivity index (χ3v) is 6.60. The molecule has 0 radical (unpaired) electrons. The van der Waals surface area contributed by atoms with Crippen molar-refractivity contribution in [3.63, 3.8) is 0 Å². The highest BCUT2D eigenvalue weighted by Gasteiger charge is 2.35. The molecule has 2 atom stereocenters. The van der Waals surface area contributed by atoms with E-state index in [4.69, 9.17) is 11.6 Å². The van der Waals surface area contributed by atoms with E-state index in [2.05, 4.69) is 32.3 Å². The average Bonchev–Trinajstić information content (AvgIpc) is 3.44. The molecule has 0 spiro atoms. The topological polar surface area (TPSA) is 101 Å². The normalized spacial score (nSPS) is 15.7. The van der Waals surface area contributed by atoms with Gasteiger partial charge < -0.3 is 15.3 Å². The molecule has 4 heterocycles. The molecule has 1 saturated heterocycles. The van der Waals surface area contributed by atoms with Crippen LogP contribution in [0.2, 0.25) is 5.02 Å². The summed E-state index contributed by atoms with van der Waals surface area (Å²) in [4.78, 5) is 19.5. The number of hydrogen-bond acceptors (Lipinski definition) is 6. The number of nitrogens with zero attached hydrogens (tertiary/aromatic N) is 6. The first-order chi connectivity index (χ1) is 16.9. The smallest absolute Gasteiger partial charge is 0.227 e. The van der Waals surface area contributed by atoms with Crippen LogP contribution >= 0.6 is 11.6 Å². The SMILES string of the molecule is CCC(NC(=O)C1CN(c2ncnn3cc(-c4cnn(CC(C)O)c4)cc23)C1)c1ccc(Cl)cc1. The van der Waals surface area contributed by atoms with Crippen LogP contribution in [-0.4, -0.2) is 54.6 Å². The molecule has 35 heavy (non-hydrogen) atoms. The Hall–Kier alpha value is -3.43. The zero-order valence-electron chi connectivity index (χ0n) is 19.7. The molecule has 4 aromatic rings. The van der Waals surface area contributed by atoms with Crippen LogP contribution in [0.15, 0.2) is 55.2 Å². The second-order valence-electron chi connectivity index (χ2n) is 9.07. The summed E-state index contributed by atoms with van der Waals surface area (Å²) in [6.45, 7) is 5.43. The van der Waals surface area contributed by atoms with Gasteiger partial charge in [0.05, 0.1) is 30.8 Å². The van der Waals surface area contributed by atoms with Gasteiger partial charge in [-0.25, -0.2) is 9.50 Å². The van der Waals surface area contributed by atoms with Gasteiger partial charge in [0.25, 0.3) is 0 Å². The molecule has 0 aliphatic carbocycles. The van der Waals surface area contributed by atoms with Gasteiger partial charge in [-0.1, -0.05) is 30.7 Å². The van der Waals surface area contributed by atoms with Crippen LogP contribution in [0.5, 0.6) is 0 Å². The zero-order chi connectivity index (χ0) is 24.5. The number of halogens is 1. The number of aromatic nitrogens is 5. The molecule has 2 unspecified atom stereocenters. The minimum atomic E-state index is -0.469. The van der Waals surface area contributed by atoms with E-state index in [1.54, 1.807) is 22.3 Å². The van der Waals surface area contributed by atoms with E-state index < -0.39 is 6.10 Å². The Balaban J connectivity index is 1.27. The molecule has 10 heteroatoms. The number of aliphatic hydroxyl groups excluding tert-OH is 1. The van der Waals surface area contributed by atoms with Crippen LogP contribution in [0.4, 0.5) is 5.82 Å². The number of aliphatic hydroxyl groups is 1. The Morgan fingerprint density at radius 2 is 1.97 bits per heavy atom. The first kappa shape index (κ1) is 23.3. The number of fused-ring (bicyclic) bond motifs is 1. The van der Waals surface area contributed by atoms with Crippen molar-refractivity contribution in [1.29, 1.82) is 0 Å². The summed E-state index contributed by atoms with van der Waals surface area (Å²) < 4.78 is 3.52. The Morgan fingerprint density at radius 1 is 1.20 bits per heavy atom. The third-order valence-electron chi connectivity index (χ3n) is 6.35. The van der Waals surface area contributed by atoms with E-state index in [0.717, 1.165) is 34.4 Å². The van der Waals surface area contributed by atoms with Crippen LogP contribution in [-0.2, 0) is 11.3 Å². The molecule has 5 rings (SSSR count). The second-order valence-corrected chi connectivity index (χ2v) is 9.50. The Bertz CT molecular complexity index is 1330. The lowest BCUT2D eigenvalue weighted by atomic mass is 9.97. The molecular weight excluding hydrogens is 466 g/mol. The van der Waals surface area contributed by atoms with Crippen molar-refractivity contribution >= 4 is 28.8 Å². The number of carbonyl (C=O) groups excluding carboxylic acids is 1. The van der Waals surface area contributed by atoms with E-state index in [-0.39, 0.29) is 17.9 Å². The van der Waals surface area contributed by atoms with Gasteiger partial charge in [0.1, 0.15) is 11.8 Å². The highest BCUT2D eigenvalue weighted by atomic mass is 35.5. The number of anilines is 1. The largest absolute Gasteiger partial charge is 0.391 e. The van der Waals surface area contributed by atoms with Crippen molar-refractivity contribution < 1.29 is 9.90 Å². The summed E-state index contributed by atoms with van der Waals surface area (Å²) in [5.41, 5.74) is 3.83. The van der Waals surface area contributed by atoms with Crippen molar-refractivity contribution in [3.8, 4) is 11.1 Å². The van der Waals surface area contributed by atoms with Crippen molar-refractivity contribution in [2.24, 2.45) is 5.92 Å². The summed E-state index contributed by atoms with van der Waals surface area (Å²) in [5, 5.41) is 22.1. The number of benzene rings is 1. The van der Waals surface area contributed by atoms with Crippen molar-refractivity contribution in [3.05, 3.63) is 65.8 Å². The van der Waals surface area contributed by atoms with Gasteiger partial charge in [-0.15, -0.1) is 0 Å². The minimum absolute atomic E-state index is 0.0394. The lowest BCUT2D eigenvalue weighted by Gasteiger charge is -2.39. The van der Waals surface area contributed by atoms with Crippen molar-refractivity contribution in [1.82, 2.24) is 29.7 Å². The van der Waals surface area contributed by atoms with Gasteiger partial charge in [-0.2, -0.15) is 10.2 Å². The summed E-state index contributed by atoms with van der Waals surface area (Å²) in [6, 6.07) is 9.60. The van der Waals surface area contributed by atoms with Crippen LogP contribution in [0.1, 0.15) is 31.9 Å². The zero-order valence-corrected chi connectivity index (χ0v) is 20.4. The number of carbonyl (C=O) groups is 1. The molecule has 1 aliphatic rings.